The third-order valence-corrected chi connectivity index (χ3v) is 6.03. The van der Waals surface area contributed by atoms with Crippen molar-refractivity contribution >= 4 is 11.6 Å². The van der Waals surface area contributed by atoms with Crippen LogP contribution in [0, 0.1) is 0 Å². The molecule has 0 bridgehead atoms. The Morgan fingerprint density at radius 1 is 0.968 bits per heavy atom. The zero-order chi connectivity index (χ0) is 22.0. The molecule has 0 radical (unpaired) electrons. The van der Waals surface area contributed by atoms with Crippen LogP contribution in [0.4, 0.5) is 0 Å². The van der Waals surface area contributed by atoms with Crippen LogP contribution in [-0.4, -0.2) is 37.9 Å². The Morgan fingerprint density at radius 3 is 2.45 bits per heavy atom. The predicted molar refractivity (Wildman–Crippen MR) is 122 cm³/mol. The standard InChI is InChI=1S/C25H26ClNO4/c1-29-20-7-8-22(28)18(12-20)15-27-10-9-16-13-23(30-2)24(31-3)14-21(16)25(27)17-5-4-6-19(26)11-17/h4-8,11-14,25,28H,9-10,15H2,1-3H3/t25-/m0/s1. The number of halogens is 1. The van der Waals surface area contributed by atoms with E-state index in [0.717, 1.165) is 41.2 Å². The number of rotatable bonds is 6. The molecule has 5 nitrogen and oxygen atoms in total. The monoisotopic (exact) mass is 439 g/mol. The summed E-state index contributed by atoms with van der Waals surface area (Å²) in [5.41, 5.74) is 4.26. The first-order chi connectivity index (χ1) is 15.0. The van der Waals surface area contributed by atoms with Crippen molar-refractivity contribution in [2.45, 2.75) is 19.0 Å². The Hall–Kier alpha value is -2.89. The summed E-state index contributed by atoms with van der Waals surface area (Å²) in [4.78, 5) is 2.34. The van der Waals surface area contributed by atoms with E-state index < -0.39 is 0 Å². The lowest BCUT2D eigenvalue weighted by Gasteiger charge is -2.38. The second kappa shape index (κ2) is 9.08. The first-order valence-electron chi connectivity index (χ1n) is 10.1. The third kappa shape index (κ3) is 4.29. The van der Waals surface area contributed by atoms with Crippen LogP contribution >= 0.6 is 11.6 Å². The highest BCUT2D eigenvalue weighted by Gasteiger charge is 2.31. The zero-order valence-corrected chi connectivity index (χ0v) is 18.6. The number of phenols is 1. The van der Waals surface area contributed by atoms with E-state index in [1.165, 1.54) is 5.56 Å². The van der Waals surface area contributed by atoms with E-state index in [9.17, 15) is 5.11 Å². The maximum atomic E-state index is 10.5. The Morgan fingerprint density at radius 2 is 1.74 bits per heavy atom. The van der Waals surface area contributed by atoms with Crippen LogP contribution in [0.5, 0.6) is 23.0 Å². The molecular weight excluding hydrogens is 414 g/mol. The van der Waals surface area contributed by atoms with E-state index in [4.69, 9.17) is 25.8 Å². The van der Waals surface area contributed by atoms with Crippen LogP contribution in [0.15, 0.2) is 54.6 Å². The molecule has 0 aromatic heterocycles. The van der Waals surface area contributed by atoms with E-state index >= 15 is 0 Å². The number of nitrogens with zero attached hydrogens (tertiary/aromatic N) is 1. The van der Waals surface area contributed by atoms with Gasteiger partial charge in [-0.05, 0) is 65.6 Å². The molecule has 1 aliphatic rings. The number of methoxy groups -OCH3 is 3. The highest BCUT2D eigenvalue weighted by Crippen LogP contribution is 2.42. The second-order valence-corrected chi connectivity index (χ2v) is 8.02. The lowest BCUT2D eigenvalue weighted by atomic mass is 9.87. The van der Waals surface area contributed by atoms with Gasteiger partial charge in [0, 0.05) is 23.7 Å². The van der Waals surface area contributed by atoms with Crippen molar-refractivity contribution in [2.75, 3.05) is 27.9 Å². The Kier molecular flexibility index (Phi) is 6.25. The van der Waals surface area contributed by atoms with Crippen LogP contribution in [0.2, 0.25) is 5.02 Å². The molecule has 1 N–H and O–H groups in total. The average molecular weight is 440 g/mol. The number of fused-ring (bicyclic) bond motifs is 1. The van der Waals surface area contributed by atoms with Gasteiger partial charge in [0.25, 0.3) is 0 Å². The molecule has 6 heteroatoms. The fourth-order valence-corrected chi connectivity index (χ4v) is 4.47. The van der Waals surface area contributed by atoms with Crippen LogP contribution in [0.1, 0.15) is 28.3 Å². The fourth-order valence-electron chi connectivity index (χ4n) is 4.27. The van der Waals surface area contributed by atoms with Gasteiger partial charge >= 0.3 is 0 Å². The van der Waals surface area contributed by atoms with Crippen molar-refractivity contribution in [1.82, 2.24) is 4.90 Å². The van der Waals surface area contributed by atoms with E-state index in [1.807, 2.05) is 24.3 Å². The van der Waals surface area contributed by atoms with Crippen molar-refractivity contribution in [1.29, 1.82) is 0 Å². The summed E-state index contributed by atoms with van der Waals surface area (Å²) >= 11 is 6.35. The molecule has 0 unspecified atom stereocenters. The van der Waals surface area contributed by atoms with Gasteiger partial charge < -0.3 is 19.3 Å². The Bertz CT molecular complexity index is 1090. The molecule has 162 valence electrons. The number of hydrogen-bond donors (Lipinski definition) is 1. The van der Waals surface area contributed by atoms with Gasteiger partial charge in [0.05, 0.1) is 27.4 Å². The van der Waals surface area contributed by atoms with Crippen molar-refractivity contribution < 1.29 is 19.3 Å². The summed E-state index contributed by atoms with van der Waals surface area (Å²) in [6, 6.07) is 17.3. The summed E-state index contributed by atoms with van der Waals surface area (Å²) in [6.45, 7) is 1.38. The molecular formula is C25H26ClNO4. The van der Waals surface area contributed by atoms with E-state index in [1.54, 1.807) is 33.5 Å². The lowest BCUT2D eigenvalue weighted by Crippen LogP contribution is -2.35. The smallest absolute Gasteiger partial charge is 0.161 e. The molecule has 0 saturated carbocycles. The maximum absolute atomic E-state index is 10.5. The summed E-state index contributed by atoms with van der Waals surface area (Å²) in [6.07, 6.45) is 0.859. The zero-order valence-electron chi connectivity index (χ0n) is 17.9. The second-order valence-electron chi connectivity index (χ2n) is 7.58. The molecule has 1 heterocycles. The highest BCUT2D eigenvalue weighted by molar-refractivity contribution is 6.30. The molecule has 0 aliphatic carbocycles. The van der Waals surface area contributed by atoms with Gasteiger partial charge in [-0.15, -0.1) is 0 Å². The summed E-state index contributed by atoms with van der Waals surface area (Å²) in [5.74, 6) is 2.39. The number of phenolic OH excluding ortho intramolecular Hbond substituents is 1. The highest BCUT2D eigenvalue weighted by atomic mass is 35.5. The van der Waals surface area contributed by atoms with Crippen LogP contribution < -0.4 is 14.2 Å². The molecule has 1 atom stereocenters. The minimum Gasteiger partial charge on any atom is -0.508 e. The van der Waals surface area contributed by atoms with Gasteiger partial charge in [-0.1, -0.05) is 23.7 Å². The van der Waals surface area contributed by atoms with Gasteiger partial charge in [0.2, 0.25) is 0 Å². The van der Waals surface area contributed by atoms with Crippen molar-refractivity contribution in [3.8, 4) is 23.0 Å². The van der Waals surface area contributed by atoms with Crippen molar-refractivity contribution in [2.24, 2.45) is 0 Å². The first kappa shape index (κ1) is 21.3. The normalized spacial score (nSPS) is 15.9. The molecule has 0 saturated heterocycles. The SMILES string of the molecule is COc1ccc(O)c(CN2CCc3cc(OC)c(OC)cc3[C@@H]2c2cccc(Cl)c2)c1. The van der Waals surface area contributed by atoms with Gasteiger partial charge in [0.15, 0.2) is 11.5 Å². The molecule has 3 aromatic rings. The fraction of sp³-hybridized carbons (Fsp3) is 0.280. The Labute approximate surface area is 187 Å². The molecule has 1 aliphatic heterocycles. The van der Waals surface area contributed by atoms with E-state index in [0.29, 0.717) is 17.3 Å². The predicted octanol–water partition coefficient (Wildman–Crippen LogP) is 5.22. The quantitative estimate of drug-likeness (QED) is 0.570. The third-order valence-electron chi connectivity index (χ3n) is 5.80. The number of ether oxygens (including phenoxy) is 3. The number of benzene rings is 3. The topological polar surface area (TPSA) is 51.2 Å². The van der Waals surface area contributed by atoms with Crippen LogP contribution in [0.3, 0.4) is 0 Å². The average Bonchev–Trinajstić information content (AvgIpc) is 2.79. The van der Waals surface area contributed by atoms with Crippen LogP contribution in [0.25, 0.3) is 0 Å². The first-order valence-corrected chi connectivity index (χ1v) is 10.5. The number of aromatic hydroxyl groups is 1. The molecule has 0 spiro atoms. The lowest BCUT2D eigenvalue weighted by molar-refractivity contribution is 0.201. The molecule has 4 rings (SSSR count). The van der Waals surface area contributed by atoms with Gasteiger partial charge in [-0.25, -0.2) is 0 Å². The van der Waals surface area contributed by atoms with Gasteiger partial charge in [-0.3, -0.25) is 4.90 Å². The van der Waals surface area contributed by atoms with Crippen molar-refractivity contribution in [3.05, 3.63) is 81.9 Å². The largest absolute Gasteiger partial charge is 0.508 e. The Balaban J connectivity index is 1.81. The minimum absolute atomic E-state index is 0.0483. The molecule has 0 amide bonds. The van der Waals surface area contributed by atoms with Crippen molar-refractivity contribution in [3.63, 3.8) is 0 Å². The van der Waals surface area contributed by atoms with Gasteiger partial charge in [0.1, 0.15) is 11.5 Å². The van der Waals surface area contributed by atoms with E-state index in [-0.39, 0.29) is 11.8 Å². The van der Waals surface area contributed by atoms with Gasteiger partial charge in [-0.2, -0.15) is 0 Å². The summed E-state index contributed by atoms with van der Waals surface area (Å²) in [5, 5.41) is 11.2. The summed E-state index contributed by atoms with van der Waals surface area (Å²) < 4.78 is 16.5. The van der Waals surface area contributed by atoms with E-state index in [2.05, 4.69) is 23.1 Å². The molecule has 31 heavy (non-hydrogen) atoms. The molecule has 3 aromatic carbocycles. The molecule has 0 fully saturated rings. The number of hydrogen-bond acceptors (Lipinski definition) is 5. The minimum atomic E-state index is -0.0483. The summed E-state index contributed by atoms with van der Waals surface area (Å²) in [7, 11) is 4.93. The maximum Gasteiger partial charge on any atom is 0.161 e. The van der Waals surface area contributed by atoms with Crippen LogP contribution in [-0.2, 0) is 13.0 Å².